The van der Waals surface area contributed by atoms with Crippen molar-refractivity contribution in [2.24, 2.45) is 5.92 Å². The second-order valence-corrected chi connectivity index (χ2v) is 9.78. The first-order chi connectivity index (χ1) is 17.2. The third-order valence-corrected chi connectivity index (χ3v) is 6.13. The van der Waals surface area contributed by atoms with E-state index in [4.69, 9.17) is 18.3 Å². The van der Waals surface area contributed by atoms with Crippen LogP contribution in [0.2, 0.25) is 0 Å². The minimum atomic E-state index is -1.36. The Hall–Kier alpha value is -2.52. The third-order valence-electron chi connectivity index (χ3n) is 6.13. The fraction of sp³-hybridized carbons (Fsp3) is 0.571. The van der Waals surface area contributed by atoms with Gasteiger partial charge in [0.2, 0.25) is 5.89 Å². The molecule has 36 heavy (non-hydrogen) atoms. The molecule has 1 fully saturated rings. The van der Waals surface area contributed by atoms with Crippen LogP contribution in [0.25, 0.3) is 11.6 Å². The van der Waals surface area contributed by atoms with Gasteiger partial charge in [-0.15, -0.1) is 0 Å². The molecule has 0 saturated carbocycles. The van der Waals surface area contributed by atoms with Crippen molar-refractivity contribution in [1.29, 1.82) is 0 Å². The lowest BCUT2D eigenvalue weighted by Crippen LogP contribution is -2.44. The fourth-order valence-corrected chi connectivity index (χ4v) is 4.55. The number of hydrogen-bond donors (Lipinski definition) is 2. The number of hydrogen-bond acceptors (Lipinski definition) is 8. The summed E-state index contributed by atoms with van der Waals surface area (Å²) in [6.07, 6.45) is 16.0. The SMILES string of the molecule is C/C=C/[C@H](C)/C=C(/C)C/C=C/CCc1nc(-c2nc([C@@H](C[C@H]3C[C@@H](O)C[C@](C)(O)O3)OC)co2)co1. The summed E-state index contributed by atoms with van der Waals surface area (Å²) in [5.74, 6) is 0.0694. The largest absolute Gasteiger partial charge is 0.448 e. The number of methoxy groups -OCH3 is 1. The lowest BCUT2D eigenvalue weighted by molar-refractivity contribution is -0.265. The summed E-state index contributed by atoms with van der Waals surface area (Å²) in [6, 6.07) is 0. The maximum atomic E-state index is 10.2. The molecular formula is C28H40N2O6. The predicted octanol–water partition coefficient (Wildman–Crippen LogP) is 5.69. The van der Waals surface area contributed by atoms with E-state index in [0.717, 1.165) is 12.8 Å². The van der Waals surface area contributed by atoms with Gasteiger partial charge in [0.15, 0.2) is 17.4 Å². The smallest absolute Gasteiger partial charge is 0.248 e. The van der Waals surface area contributed by atoms with Crippen LogP contribution in [0.1, 0.15) is 77.5 Å². The van der Waals surface area contributed by atoms with Gasteiger partial charge in [-0.1, -0.05) is 42.9 Å². The third kappa shape index (κ3) is 8.55. The molecule has 0 bridgehead atoms. The van der Waals surface area contributed by atoms with E-state index < -0.39 is 18.0 Å². The molecule has 1 aliphatic heterocycles. The Morgan fingerprint density at radius 2 is 2.08 bits per heavy atom. The van der Waals surface area contributed by atoms with Gasteiger partial charge in [0, 0.05) is 26.4 Å². The Morgan fingerprint density at radius 3 is 2.81 bits per heavy atom. The van der Waals surface area contributed by atoms with Crippen molar-refractivity contribution in [2.45, 2.75) is 90.3 Å². The van der Waals surface area contributed by atoms with Gasteiger partial charge in [0.05, 0.1) is 12.2 Å². The quantitative estimate of drug-likeness (QED) is 0.357. The van der Waals surface area contributed by atoms with Gasteiger partial charge >= 0.3 is 0 Å². The number of ether oxygens (including phenoxy) is 2. The second kappa shape index (κ2) is 13.1. The number of aliphatic hydroxyl groups is 2. The highest BCUT2D eigenvalue weighted by Gasteiger charge is 2.37. The van der Waals surface area contributed by atoms with E-state index in [2.05, 4.69) is 54.2 Å². The number of aliphatic hydroxyl groups excluding tert-OH is 1. The van der Waals surface area contributed by atoms with Crippen molar-refractivity contribution in [3.05, 3.63) is 60.1 Å². The van der Waals surface area contributed by atoms with Crippen molar-refractivity contribution in [2.75, 3.05) is 7.11 Å². The summed E-state index contributed by atoms with van der Waals surface area (Å²) in [4.78, 5) is 9.04. The van der Waals surface area contributed by atoms with Crippen LogP contribution in [0.5, 0.6) is 0 Å². The molecule has 0 aromatic carbocycles. The van der Waals surface area contributed by atoms with Crippen molar-refractivity contribution < 1.29 is 28.5 Å². The van der Waals surface area contributed by atoms with Crippen molar-refractivity contribution >= 4 is 0 Å². The molecule has 2 aromatic rings. The second-order valence-electron chi connectivity index (χ2n) is 9.78. The number of allylic oxidation sites excluding steroid dienone is 6. The number of aromatic nitrogens is 2. The summed E-state index contributed by atoms with van der Waals surface area (Å²) in [5.41, 5.74) is 2.47. The van der Waals surface area contributed by atoms with Crippen LogP contribution < -0.4 is 0 Å². The topological polar surface area (TPSA) is 111 Å². The van der Waals surface area contributed by atoms with Crippen molar-refractivity contribution in [1.82, 2.24) is 9.97 Å². The van der Waals surface area contributed by atoms with Crippen LogP contribution in [-0.2, 0) is 15.9 Å². The van der Waals surface area contributed by atoms with E-state index in [0.29, 0.717) is 48.3 Å². The minimum Gasteiger partial charge on any atom is -0.448 e. The van der Waals surface area contributed by atoms with Crippen molar-refractivity contribution in [3.63, 3.8) is 0 Å². The average Bonchev–Trinajstić information content (AvgIpc) is 3.46. The standard InChI is InChI=1S/C28H40N2O6/c1-6-10-19(2)13-20(3)11-8-7-9-12-26-29-24(18-34-26)27-30-23(17-35-27)25(33-5)15-22-14-21(31)16-28(4,32)36-22/h6-8,10,13,17-19,21-22,25,31-32H,9,11-12,14-16H2,1-5H3/b8-7+,10-6+,20-13-/t19-,21+,22+,25+,28+/m0/s1. The molecule has 0 spiro atoms. The Bertz CT molecular complexity index is 1030. The maximum Gasteiger partial charge on any atom is 0.248 e. The molecule has 8 heteroatoms. The molecule has 0 aliphatic carbocycles. The summed E-state index contributed by atoms with van der Waals surface area (Å²) in [5, 5.41) is 20.3. The number of nitrogens with zero attached hydrogens (tertiary/aromatic N) is 2. The van der Waals surface area contributed by atoms with Gasteiger partial charge in [-0.2, -0.15) is 0 Å². The van der Waals surface area contributed by atoms with Gasteiger partial charge in [0.25, 0.3) is 0 Å². The summed E-state index contributed by atoms with van der Waals surface area (Å²) < 4.78 is 22.6. The fourth-order valence-electron chi connectivity index (χ4n) is 4.55. The molecule has 1 saturated heterocycles. The van der Waals surface area contributed by atoms with Gasteiger partial charge in [-0.05, 0) is 46.0 Å². The van der Waals surface area contributed by atoms with E-state index in [1.54, 1.807) is 20.3 Å². The van der Waals surface area contributed by atoms with Crippen LogP contribution in [0.15, 0.2) is 57.3 Å². The Labute approximate surface area is 213 Å². The zero-order chi connectivity index (χ0) is 26.1. The minimum absolute atomic E-state index is 0.187. The zero-order valence-corrected chi connectivity index (χ0v) is 22.0. The van der Waals surface area contributed by atoms with Crippen LogP contribution >= 0.6 is 0 Å². The van der Waals surface area contributed by atoms with Gasteiger partial charge in [-0.3, -0.25) is 0 Å². The average molecular weight is 501 g/mol. The first-order valence-corrected chi connectivity index (χ1v) is 12.7. The lowest BCUT2D eigenvalue weighted by atomic mass is 9.95. The predicted molar refractivity (Wildman–Crippen MR) is 137 cm³/mol. The molecule has 0 amide bonds. The first kappa shape index (κ1) is 28.1. The van der Waals surface area contributed by atoms with Crippen molar-refractivity contribution in [3.8, 4) is 11.6 Å². The maximum absolute atomic E-state index is 10.2. The molecular weight excluding hydrogens is 460 g/mol. The highest BCUT2D eigenvalue weighted by atomic mass is 16.6. The van der Waals surface area contributed by atoms with Crippen LogP contribution in [-0.4, -0.2) is 45.3 Å². The highest BCUT2D eigenvalue weighted by Crippen LogP contribution is 2.33. The molecule has 198 valence electrons. The molecule has 2 aromatic heterocycles. The molecule has 3 rings (SSSR count). The Kier molecular flexibility index (Phi) is 10.2. The summed E-state index contributed by atoms with van der Waals surface area (Å²) in [6.45, 7) is 7.93. The van der Waals surface area contributed by atoms with E-state index in [9.17, 15) is 10.2 Å². The van der Waals surface area contributed by atoms with E-state index >= 15 is 0 Å². The van der Waals surface area contributed by atoms with Gasteiger partial charge < -0.3 is 28.5 Å². The Balaban J connectivity index is 1.52. The van der Waals surface area contributed by atoms with Gasteiger partial charge in [0.1, 0.15) is 24.3 Å². The molecule has 0 unspecified atom stereocenters. The molecule has 3 heterocycles. The number of rotatable bonds is 12. The normalized spacial score (nSPS) is 25.1. The Morgan fingerprint density at radius 1 is 1.28 bits per heavy atom. The first-order valence-electron chi connectivity index (χ1n) is 12.7. The van der Waals surface area contributed by atoms with Crippen LogP contribution in [0.4, 0.5) is 0 Å². The molecule has 2 N–H and O–H groups in total. The van der Waals surface area contributed by atoms with E-state index in [1.165, 1.54) is 11.8 Å². The summed E-state index contributed by atoms with van der Waals surface area (Å²) >= 11 is 0. The van der Waals surface area contributed by atoms with Gasteiger partial charge in [-0.25, -0.2) is 9.97 Å². The van der Waals surface area contributed by atoms with E-state index in [-0.39, 0.29) is 12.5 Å². The molecule has 1 aliphatic rings. The highest BCUT2D eigenvalue weighted by molar-refractivity contribution is 5.44. The lowest BCUT2D eigenvalue weighted by Gasteiger charge is -2.38. The molecule has 8 nitrogen and oxygen atoms in total. The zero-order valence-electron chi connectivity index (χ0n) is 22.0. The monoisotopic (exact) mass is 500 g/mol. The molecule has 0 radical (unpaired) electrons. The number of oxazole rings is 2. The summed E-state index contributed by atoms with van der Waals surface area (Å²) in [7, 11) is 1.58. The van der Waals surface area contributed by atoms with E-state index in [1.807, 2.05) is 6.92 Å². The molecule has 5 atom stereocenters. The van der Waals surface area contributed by atoms with Crippen LogP contribution in [0, 0.1) is 5.92 Å². The van der Waals surface area contributed by atoms with Crippen LogP contribution in [0.3, 0.4) is 0 Å². The number of aryl methyl sites for hydroxylation is 1.